The molecule has 50 heavy (non-hydrogen) atoms. The van der Waals surface area contributed by atoms with E-state index < -0.39 is 87.1 Å². The van der Waals surface area contributed by atoms with E-state index in [9.17, 15) is 52.4 Å². The summed E-state index contributed by atoms with van der Waals surface area (Å²) in [6, 6.07) is 0.334. The lowest BCUT2D eigenvalue weighted by molar-refractivity contribution is -0.384. The smallest absolute Gasteiger partial charge is 0.326 e. The van der Waals surface area contributed by atoms with Crippen LogP contribution in [0.5, 0.6) is 0 Å². The van der Waals surface area contributed by atoms with Gasteiger partial charge in [-0.1, -0.05) is 32.1 Å². The van der Waals surface area contributed by atoms with Crippen molar-refractivity contribution >= 4 is 51.3 Å². The Morgan fingerprint density at radius 1 is 1.02 bits per heavy atom. The number of nitro benzene ring substituents is 1. The summed E-state index contributed by atoms with van der Waals surface area (Å²) < 4.78 is 28.4. The van der Waals surface area contributed by atoms with Gasteiger partial charge in [0.25, 0.3) is 5.69 Å². The average molecular weight is 725 g/mol. The third kappa shape index (κ3) is 9.96. The lowest BCUT2D eigenvalue weighted by atomic mass is 9.84. The monoisotopic (exact) mass is 724 g/mol. The maximum atomic E-state index is 13.9. The number of carboxylic acids is 2. The average Bonchev–Trinajstić information content (AvgIpc) is 3.01. The van der Waals surface area contributed by atoms with Gasteiger partial charge in [0.2, 0.25) is 33.7 Å². The number of nitrogens with one attached hydrogen (secondary N) is 2. The molecule has 1 aromatic carbocycles. The van der Waals surface area contributed by atoms with E-state index in [2.05, 4.69) is 10.0 Å². The molecular weight excluding hydrogens is 680 g/mol. The number of hydrogen-bond acceptors (Lipinski definition) is 10. The second kappa shape index (κ2) is 16.4. The van der Waals surface area contributed by atoms with Crippen molar-refractivity contribution in [3.8, 4) is 0 Å². The van der Waals surface area contributed by atoms with Crippen molar-refractivity contribution < 1.29 is 52.3 Å². The van der Waals surface area contributed by atoms with E-state index >= 15 is 0 Å². The Kier molecular flexibility index (Phi) is 13.0. The topological polar surface area (TPSA) is 254 Å². The minimum atomic E-state index is -4.32. The standard InChI is InChI=1S/C31H44N6O12S/c1-31(2,33-50(48,49)21-12-10-20(11-13-21)37(46)47)30(45)36-15-14-23(36)28(42)35(4)24(16-19-8-6-5-7-9-19)27(41)34(3)18-25(38)32-22(29(43)44)17-26(39)40/h10-13,19,22-24,33H,5-9,14-18H2,1-4H3,(H,32,38)(H,39,40)(H,43,44)/t22-,23-,24-/m0/s1. The van der Waals surface area contributed by atoms with Gasteiger partial charge in [-0.15, -0.1) is 0 Å². The van der Waals surface area contributed by atoms with Crippen molar-refractivity contribution in [2.24, 2.45) is 5.92 Å². The van der Waals surface area contributed by atoms with Gasteiger partial charge in [0.1, 0.15) is 23.7 Å². The summed E-state index contributed by atoms with van der Waals surface area (Å²) in [5.41, 5.74) is -2.06. The number of hydrogen-bond donors (Lipinski definition) is 4. The Morgan fingerprint density at radius 3 is 2.12 bits per heavy atom. The fourth-order valence-electron chi connectivity index (χ4n) is 6.15. The van der Waals surface area contributed by atoms with E-state index in [1.54, 1.807) is 0 Å². The van der Waals surface area contributed by atoms with E-state index in [1.165, 1.54) is 37.7 Å². The third-order valence-electron chi connectivity index (χ3n) is 9.00. The Labute approximate surface area is 289 Å². The highest BCUT2D eigenvalue weighted by Gasteiger charge is 2.47. The van der Waals surface area contributed by atoms with Crippen LogP contribution in [0.3, 0.4) is 0 Å². The largest absolute Gasteiger partial charge is 0.481 e. The van der Waals surface area contributed by atoms with E-state index in [0.29, 0.717) is 0 Å². The number of carbonyl (C=O) groups excluding carboxylic acids is 4. The number of nitrogens with zero attached hydrogens (tertiary/aromatic N) is 4. The number of non-ortho nitro benzene ring substituents is 1. The molecule has 19 heteroatoms. The van der Waals surface area contributed by atoms with Crippen molar-refractivity contribution in [2.45, 2.75) is 93.8 Å². The highest BCUT2D eigenvalue weighted by Crippen LogP contribution is 2.31. The summed E-state index contributed by atoms with van der Waals surface area (Å²) in [4.78, 5) is 89.8. The van der Waals surface area contributed by atoms with E-state index in [0.717, 1.165) is 61.3 Å². The van der Waals surface area contributed by atoms with Crippen LogP contribution in [-0.2, 0) is 38.8 Å². The molecule has 1 aliphatic heterocycles. The summed E-state index contributed by atoms with van der Waals surface area (Å²) in [6.45, 7) is 2.17. The van der Waals surface area contributed by atoms with Gasteiger partial charge >= 0.3 is 11.9 Å². The zero-order valence-corrected chi connectivity index (χ0v) is 29.2. The van der Waals surface area contributed by atoms with E-state index in [-0.39, 0.29) is 35.9 Å². The molecule has 0 radical (unpaired) electrons. The van der Waals surface area contributed by atoms with Crippen LogP contribution in [0.1, 0.15) is 65.2 Å². The predicted molar refractivity (Wildman–Crippen MR) is 175 cm³/mol. The molecule has 1 saturated heterocycles. The van der Waals surface area contributed by atoms with Crippen LogP contribution in [0.15, 0.2) is 29.2 Å². The zero-order valence-electron chi connectivity index (χ0n) is 28.4. The summed E-state index contributed by atoms with van der Waals surface area (Å²) in [7, 11) is -1.60. The van der Waals surface area contributed by atoms with Crippen molar-refractivity contribution in [2.75, 3.05) is 27.2 Å². The van der Waals surface area contributed by atoms with E-state index in [1.807, 2.05) is 0 Å². The maximum Gasteiger partial charge on any atom is 0.326 e. The first kappa shape index (κ1) is 39.8. The predicted octanol–water partition coefficient (Wildman–Crippen LogP) is 0.553. The Balaban J connectivity index is 1.75. The zero-order chi connectivity index (χ0) is 37.6. The first-order valence-corrected chi connectivity index (χ1v) is 17.6. The van der Waals surface area contributed by atoms with Crippen molar-refractivity contribution in [3.05, 3.63) is 34.4 Å². The molecular formula is C31H44N6O12S. The van der Waals surface area contributed by atoms with Crippen LogP contribution in [0.2, 0.25) is 0 Å². The number of carboxylic acid groups (broad SMARTS) is 2. The van der Waals surface area contributed by atoms with Gasteiger partial charge in [0, 0.05) is 32.8 Å². The number of nitro groups is 1. The second-order valence-corrected chi connectivity index (χ2v) is 14.9. The molecule has 0 spiro atoms. The summed E-state index contributed by atoms with van der Waals surface area (Å²) in [6.07, 6.45) is 4.20. The lowest BCUT2D eigenvalue weighted by Crippen LogP contribution is -2.66. The molecule has 18 nitrogen and oxygen atoms in total. The molecule has 2 fully saturated rings. The molecule has 3 rings (SSSR count). The third-order valence-corrected chi connectivity index (χ3v) is 10.7. The normalized spacial score (nSPS) is 17.8. The molecule has 1 saturated carbocycles. The summed E-state index contributed by atoms with van der Waals surface area (Å²) in [5.74, 6) is -5.71. The fraction of sp³-hybridized carbons (Fsp3) is 0.613. The first-order valence-electron chi connectivity index (χ1n) is 16.1. The fourth-order valence-corrected chi connectivity index (χ4v) is 7.52. The van der Waals surface area contributed by atoms with Crippen LogP contribution < -0.4 is 10.0 Å². The molecule has 1 aromatic rings. The highest BCUT2D eigenvalue weighted by atomic mass is 32.2. The van der Waals surface area contributed by atoms with Crippen molar-refractivity contribution in [1.82, 2.24) is 24.7 Å². The Morgan fingerprint density at radius 2 is 1.62 bits per heavy atom. The Bertz CT molecular complexity index is 1590. The summed E-state index contributed by atoms with van der Waals surface area (Å²) >= 11 is 0. The number of rotatable bonds is 16. The van der Waals surface area contributed by atoms with Gasteiger partial charge < -0.3 is 30.2 Å². The van der Waals surface area contributed by atoms with Crippen LogP contribution >= 0.6 is 0 Å². The minimum absolute atomic E-state index is 0.0917. The van der Waals surface area contributed by atoms with Crippen LogP contribution in [0.25, 0.3) is 0 Å². The number of amides is 4. The lowest BCUT2D eigenvalue weighted by Gasteiger charge is -2.46. The van der Waals surface area contributed by atoms with Crippen molar-refractivity contribution in [3.63, 3.8) is 0 Å². The number of likely N-dealkylation sites (N-methyl/N-ethyl adjacent to an activating group) is 2. The van der Waals surface area contributed by atoms with Crippen LogP contribution in [0.4, 0.5) is 5.69 Å². The number of aliphatic carboxylic acids is 2. The molecule has 4 amide bonds. The number of sulfonamides is 1. The Hall–Kier alpha value is -4.65. The van der Waals surface area contributed by atoms with Crippen LogP contribution in [0, 0.1) is 16.0 Å². The molecule has 0 bridgehead atoms. The molecule has 4 N–H and O–H groups in total. The SMILES string of the molecule is CN(CC(=O)N[C@@H](CC(=O)O)C(=O)O)C(=O)[C@H](CC1CCCCC1)N(C)C(=O)[C@@H]1CCN1C(=O)C(C)(C)NS(=O)(=O)c1ccc([N+](=O)[O-])cc1. The number of carbonyl (C=O) groups is 6. The molecule has 1 aliphatic carbocycles. The van der Waals surface area contributed by atoms with Gasteiger partial charge in [0.05, 0.1) is 22.8 Å². The minimum Gasteiger partial charge on any atom is -0.481 e. The van der Waals surface area contributed by atoms with E-state index in [4.69, 9.17) is 5.11 Å². The molecule has 2 aliphatic rings. The second-order valence-electron chi connectivity index (χ2n) is 13.2. The van der Waals surface area contributed by atoms with Gasteiger partial charge in [-0.05, 0) is 44.7 Å². The van der Waals surface area contributed by atoms with Gasteiger partial charge in [0.15, 0.2) is 0 Å². The highest BCUT2D eigenvalue weighted by molar-refractivity contribution is 7.89. The quantitative estimate of drug-likeness (QED) is 0.135. The molecule has 3 atom stereocenters. The molecule has 0 aromatic heterocycles. The van der Waals surface area contributed by atoms with Crippen molar-refractivity contribution in [1.29, 1.82) is 0 Å². The maximum absolute atomic E-state index is 13.9. The molecule has 276 valence electrons. The first-order chi connectivity index (χ1) is 23.2. The van der Waals surface area contributed by atoms with Gasteiger partial charge in [-0.2, -0.15) is 4.72 Å². The summed E-state index contributed by atoms with van der Waals surface area (Å²) in [5, 5.41) is 31.3. The van der Waals surface area contributed by atoms with Crippen LogP contribution in [-0.4, -0.2) is 125 Å². The molecule has 0 unspecified atom stereocenters. The number of benzene rings is 1. The van der Waals surface area contributed by atoms with Gasteiger partial charge in [-0.3, -0.25) is 34.1 Å². The number of likely N-dealkylation sites (tertiary alicyclic amines) is 1. The molecule has 1 heterocycles. The van der Waals surface area contributed by atoms with Gasteiger partial charge in [-0.25, -0.2) is 13.2 Å².